The first-order valence-electron chi connectivity index (χ1n) is 14.1. The average molecular weight is 601 g/mol. The molecule has 0 aromatic heterocycles. The van der Waals surface area contributed by atoms with Gasteiger partial charge in [0.25, 0.3) is 8.32 Å². The van der Waals surface area contributed by atoms with Crippen molar-refractivity contribution in [1.82, 2.24) is 0 Å². The molecule has 12 nitrogen and oxygen atoms in total. The van der Waals surface area contributed by atoms with Crippen molar-refractivity contribution in [3.8, 4) is 0 Å². The second-order valence-electron chi connectivity index (χ2n) is 10.2. The van der Waals surface area contributed by atoms with Gasteiger partial charge >= 0.3 is 5.97 Å². The van der Waals surface area contributed by atoms with E-state index in [1.54, 1.807) is 7.11 Å². The van der Waals surface area contributed by atoms with Crippen molar-refractivity contribution in [3.05, 3.63) is 0 Å². The zero-order valence-corrected chi connectivity index (χ0v) is 26.8. The van der Waals surface area contributed by atoms with Gasteiger partial charge in [0, 0.05) is 7.11 Å². The van der Waals surface area contributed by atoms with Gasteiger partial charge in [0.1, 0.15) is 6.61 Å². The van der Waals surface area contributed by atoms with Crippen LogP contribution in [0.5, 0.6) is 0 Å². The Kier molecular flexibility index (Phi) is 26.7. The molecule has 0 heterocycles. The van der Waals surface area contributed by atoms with Crippen LogP contribution in [0.15, 0.2) is 0 Å². The molecule has 0 saturated heterocycles. The molecule has 0 aromatic rings. The quantitative estimate of drug-likeness (QED) is 0.0889. The van der Waals surface area contributed by atoms with Gasteiger partial charge < -0.3 is 51.8 Å². The predicted molar refractivity (Wildman–Crippen MR) is 153 cm³/mol. The molecule has 0 radical (unpaired) electrons. The molecule has 0 saturated carbocycles. The summed E-state index contributed by atoms with van der Waals surface area (Å²) in [4.78, 5) is 11.9. The van der Waals surface area contributed by atoms with Crippen LogP contribution < -0.4 is 0 Å². The van der Waals surface area contributed by atoms with E-state index in [1.165, 1.54) is 0 Å². The van der Waals surface area contributed by atoms with E-state index in [4.69, 9.17) is 51.8 Å². The molecule has 0 aliphatic rings. The van der Waals surface area contributed by atoms with Crippen LogP contribution in [0, 0.1) is 0 Å². The van der Waals surface area contributed by atoms with E-state index in [0.29, 0.717) is 119 Å². The van der Waals surface area contributed by atoms with E-state index in [9.17, 15) is 4.79 Å². The normalized spacial score (nSPS) is 12.2. The van der Waals surface area contributed by atoms with Crippen LogP contribution >= 0.6 is 0 Å². The number of methoxy groups -OCH3 is 1. The van der Waals surface area contributed by atoms with E-state index in [1.807, 2.05) is 13.1 Å². The fourth-order valence-electron chi connectivity index (χ4n) is 2.52. The zero-order valence-electron chi connectivity index (χ0n) is 25.8. The summed E-state index contributed by atoms with van der Waals surface area (Å²) >= 11 is 0. The number of ether oxygens (including phenoxy) is 10. The molecule has 240 valence electrons. The molecule has 0 atom stereocenters. The fourth-order valence-corrected chi connectivity index (χ4v) is 3.46. The summed E-state index contributed by atoms with van der Waals surface area (Å²) in [6, 6.07) is 0. The molecule has 0 aliphatic heterocycles. The fraction of sp³-hybridized carbons (Fsp3) is 0.963. The third-order valence-corrected chi connectivity index (χ3v) is 10.2. The van der Waals surface area contributed by atoms with Crippen molar-refractivity contribution in [2.24, 2.45) is 0 Å². The second-order valence-corrected chi connectivity index (χ2v) is 14.9. The first-order chi connectivity index (χ1) is 19.2. The molecule has 0 aliphatic carbocycles. The number of rotatable bonds is 30. The van der Waals surface area contributed by atoms with E-state index < -0.39 is 8.32 Å². The standard InChI is InChI=1S/C27H56O12Si/c1-27(2,3)40(5,6)39-26(28)25-38-24-23-37-22-21-36-20-19-35-18-17-34-16-15-33-14-13-32-12-11-31-10-9-30-8-7-29-4/h7-25H2,1-6H3. The second kappa shape index (κ2) is 27.1. The molecule has 0 spiro atoms. The molecule has 0 amide bonds. The molecule has 0 rings (SSSR count). The minimum Gasteiger partial charge on any atom is -0.517 e. The van der Waals surface area contributed by atoms with Gasteiger partial charge in [0.15, 0.2) is 0 Å². The Morgan fingerprint density at radius 3 is 0.975 bits per heavy atom. The highest BCUT2D eigenvalue weighted by Gasteiger charge is 2.40. The lowest BCUT2D eigenvalue weighted by Gasteiger charge is -2.35. The minimum absolute atomic E-state index is 0.0188. The van der Waals surface area contributed by atoms with Gasteiger partial charge in [-0.25, -0.2) is 0 Å². The molecule has 40 heavy (non-hydrogen) atoms. The molecule has 0 fully saturated rings. The maximum absolute atomic E-state index is 11.9. The Morgan fingerprint density at radius 2 is 0.725 bits per heavy atom. The van der Waals surface area contributed by atoms with Crippen LogP contribution in [0.4, 0.5) is 0 Å². The Morgan fingerprint density at radius 1 is 0.475 bits per heavy atom. The van der Waals surface area contributed by atoms with Crippen molar-refractivity contribution < 1.29 is 56.6 Å². The van der Waals surface area contributed by atoms with Crippen molar-refractivity contribution in [1.29, 1.82) is 0 Å². The summed E-state index contributed by atoms with van der Waals surface area (Å²) in [6.07, 6.45) is 0. The Balaban J connectivity index is 3.20. The highest BCUT2D eigenvalue weighted by atomic mass is 28.4. The molecule has 0 bridgehead atoms. The average Bonchev–Trinajstić information content (AvgIpc) is 2.89. The number of hydrogen-bond acceptors (Lipinski definition) is 12. The lowest BCUT2D eigenvalue weighted by molar-refractivity contribution is -0.141. The van der Waals surface area contributed by atoms with Crippen LogP contribution in [0.3, 0.4) is 0 Å². The van der Waals surface area contributed by atoms with Crippen LogP contribution in [0.25, 0.3) is 0 Å². The van der Waals surface area contributed by atoms with Gasteiger partial charge in [0.05, 0.1) is 119 Å². The van der Waals surface area contributed by atoms with Gasteiger partial charge in [-0.1, -0.05) is 20.8 Å². The third-order valence-electron chi connectivity index (χ3n) is 5.80. The topological polar surface area (TPSA) is 119 Å². The van der Waals surface area contributed by atoms with E-state index in [0.717, 1.165) is 0 Å². The summed E-state index contributed by atoms with van der Waals surface area (Å²) in [5.41, 5.74) is 0. The summed E-state index contributed by atoms with van der Waals surface area (Å²) in [5.74, 6) is -0.315. The van der Waals surface area contributed by atoms with Gasteiger partial charge in [-0.3, -0.25) is 4.79 Å². The lowest BCUT2D eigenvalue weighted by atomic mass is 10.2. The third kappa shape index (κ3) is 26.2. The van der Waals surface area contributed by atoms with Gasteiger partial charge in [0.2, 0.25) is 0 Å². The van der Waals surface area contributed by atoms with Crippen LogP contribution in [0.2, 0.25) is 18.1 Å². The van der Waals surface area contributed by atoms with Crippen molar-refractivity contribution in [2.75, 3.05) is 133 Å². The Labute approximate surface area is 242 Å². The molecule has 0 unspecified atom stereocenters. The van der Waals surface area contributed by atoms with Gasteiger partial charge in [-0.15, -0.1) is 0 Å². The largest absolute Gasteiger partial charge is 0.517 e. The number of carbonyl (C=O) groups excluding carboxylic acids is 1. The predicted octanol–water partition coefficient (Wildman–Crippen LogP) is 2.33. The van der Waals surface area contributed by atoms with Gasteiger partial charge in [-0.2, -0.15) is 0 Å². The first-order valence-corrected chi connectivity index (χ1v) is 17.0. The smallest absolute Gasteiger partial charge is 0.318 e. The lowest BCUT2D eigenvalue weighted by Crippen LogP contribution is -2.43. The van der Waals surface area contributed by atoms with Gasteiger partial charge in [-0.05, 0) is 18.1 Å². The van der Waals surface area contributed by atoms with Crippen LogP contribution in [-0.2, 0) is 56.6 Å². The Hall–Kier alpha value is -0.713. The summed E-state index contributed by atoms with van der Waals surface area (Å²) < 4.78 is 59.2. The first kappa shape index (κ1) is 39.3. The molecular formula is C27H56O12Si. The van der Waals surface area contributed by atoms with E-state index >= 15 is 0 Å². The molecule has 0 aromatic carbocycles. The van der Waals surface area contributed by atoms with Crippen molar-refractivity contribution >= 4 is 14.3 Å². The van der Waals surface area contributed by atoms with Crippen molar-refractivity contribution in [3.63, 3.8) is 0 Å². The van der Waals surface area contributed by atoms with Crippen LogP contribution in [-0.4, -0.2) is 147 Å². The monoisotopic (exact) mass is 600 g/mol. The van der Waals surface area contributed by atoms with Crippen molar-refractivity contribution in [2.45, 2.75) is 38.9 Å². The summed E-state index contributed by atoms with van der Waals surface area (Å²) in [5, 5.41) is -0.0188. The summed E-state index contributed by atoms with van der Waals surface area (Å²) in [6.45, 7) is 19.3. The number of hydrogen-bond donors (Lipinski definition) is 0. The zero-order chi connectivity index (χ0) is 29.8. The maximum atomic E-state index is 11.9. The maximum Gasteiger partial charge on any atom is 0.318 e. The molecular weight excluding hydrogens is 544 g/mol. The van der Waals surface area contributed by atoms with E-state index in [2.05, 4.69) is 20.8 Å². The highest BCUT2D eigenvalue weighted by molar-refractivity contribution is 6.75. The van der Waals surface area contributed by atoms with Crippen LogP contribution in [0.1, 0.15) is 20.8 Å². The number of carbonyl (C=O) groups is 1. The Bertz CT molecular complexity index is 560. The SMILES string of the molecule is COCCOCCOCCOCCOCCOCCOCCOCCOCCOCC(=O)O[Si](C)(C)C(C)(C)C. The van der Waals surface area contributed by atoms with E-state index in [-0.39, 0.29) is 17.6 Å². The minimum atomic E-state index is -2.10. The summed E-state index contributed by atoms with van der Waals surface area (Å²) in [7, 11) is -0.459. The highest BCUT2D eigenvalue weighted by Crippen LogP contribution is 2.36. The molecule has 13 heteroatoms. The molecule has 0 N–H and O–H groups in total.